The molecule has 0 amide bonds. The Morgan fingerprint density at radius 2 is 1.93 bits per heavy atom. The van der Waals surface area contributed by atoms with Gasteiger partial charge in [0.2, 0.25) is 0 Å². The van der Waals surface area contributed by atoms with Crippen LogP contribution < -0.4 is 5.56 Å². The zero-order valence-electron chi connectivity index (χ0n) is 18.8. The lowest BCUT2D eigenvalue weighted by Crippen LogP contribution is -2.33. The zero-order chi connectivity index (χ0) is 20.6. The molecule has 0 saturated carbocycles. The van der Waals surface area contributed by atoms with Gasteiger partial charge in [-0.1, -0.05) is 48.5 Å². The van der Waals surface area contributed by atoms with E-state index < -0.39 is 0 Å². The Morgan fingerprint density at radius 1 is 1.25 bits per heavy atom. The summed E-state index contributed by atoms with van der Waals surface area (Å²) in [6, 6.07) is 0. The molecular formula is C23H37N3OS. The number of rotatable bonds is 6. The van der Waals surface area contributed by atoms with E-state index in [2.05, 4.69) is 53.4 Å². The largest absolute Gasteiger partial charge is 0.302 e. The van der Waals surface area contributed by atoms with Crippen molar-refractivity contribution >= 4 is 21.6 Å². The molecular weight excluding hydrogens is 366 g/mol. The molecule has 1 atom stereocenters. The van der Waals surface area contributed by atoms with Gasteiger partial charge in [0.1, 0.15) is 10.7 Å². The minimum atomic E-state index is 0.188. The van der Waals surface area contributed by atoms with Crippen molar-refractivity contribution in [1.29, 1.82) is 0 Å². The summed E-state index contributed by atoms with van der Waals surface area (Å²) in [5.74, 6) is 1.87. The van der Waals surface area contributed by atoms with E-state index in [-0.39, 0.29) is 11.5 Å². The van der Waals surface area contributed by atoms with Crippen molar-refractivity contribution in [2.75, 3.05) is 19.6 Å². The van der Waals surface area contributed by atoms with Crippen LogP contribution in [-0.4, -0.2) is 34.1 Å². The summed E-state index contributed by atoms with van der Waals surface area (Å²) in [5.41, 5.74) is 1.80. The van der Waals surface area contributed by atoms with E-state index >= 15 is 0 Å². The van der Waals surface area contributed by atoms with Crippen LogP contribution in [0.25, 0.3) is 10.2 Å². The molecule has 4 nitrogen and oxygen atoms in total. The van der Waals surface area contributed by atoms with Gasteiger partial charge in [0, 0.05) is 23.9 Å². The summed E-state index contributed by atoms with van der Waals surface area (Å²) >= 11 is 1.77. The maximum Gasteiger partial charge on any atom is 0.262 e. The molecule has 28 heavy (non-hydrogen) atoms. The van der Waals surface area contributed by atoms with Crippen LogP contribution in [0, 0.1) is 11.3 Å². The minimum absolute atomic E-state index is 0.188. The number of aryl methyl sites for hydroxylation is 1. The summed E-state index contributed by atoms with van der Waals surface area (Å²) in [6.07, 6.45) is 3.29. The summed E-state index contributed by atoms with van der Waals surface area (Å²) in [5, 5.41) is 0.913. The highest BCUT2D eigenvalue weighted by molar-refractivity contribution is 7.18. The molecule has 0 radical (unpaired) electrons. The van der Waals surface area contributed by atoms with Crippen LogP contribution >= 0.6 is 11.3 Å². The number of aromatic nitrogens is 2. The maximum absolute atomic E-state index is 13.6. The first-order valence-electron chi connectivity index (χ1n) is 10.9. The van der Waals surface area contributed by atoms with Crippen LogP contribution in [0.1, 0.15) is 77.1 Å². The van der Waals surface area contributed by atoms with Gasteiger partial charge < -0.3 is 4.90 Å². The summed E-state index contributed by atoms with van der Waals surface area (Å²) in [4.78, 5) is 23.3. The van der Waals surface area contributed by atoms with Gasteiger partial charge in [0.15, 0.2) is 0 Å². The molecule has 0 N–H and O–H groups in total. The number of thiophene rings is 1. The number of hydrogen-bond acceptors (Lipinski definition) is 4. The molecule has 2 aromatic rings. The van der Waals surface area contributed by atoms with Crippen LogP contribution in [0.5, 0.6) is 0 Å². The van der Waals surface area contributed by atoms with E-state index in [1.165, 1.54) is 16.9 Å². The molecule has 0 saturated heterocycles. The Hall–Kier alpha value is -1.20. The predicted molar refractivity (Wildman–Crippen MR) is 121 cm³/mol. The van der Waals surface area contributed by atoms with Crippen molar-refractivity contribution in [1.82, 2.24) is 14.5 Å². The number of nitrogens with zero attached hydrogens (tertiary/aromatic N) is 3. The maximum atomic E-state index is 13.6. The highest BCUT2D eigenvalue weighted by Gasteiger charge is 2.32. The fraction of sp³-hybridized carbons (Fsp3) is 0.739. The number of fused-ring (bicyclic) bond motifs is 3. The molecule has 0 aromatic carbocycles. The Morgan fingerprint density at radius 3 is 2.50 bits per heavy atom. The lowest BCUT2D eigenvalue weighted by atomic mass is 9.72. The van der Waals surface area contributed by atoms with Crippen LogP contribution in [0.4, 0.5) is 0 Å². The van der Waals surface area contributed by atoms with Crippen LogP contribution in [0.2, 0.25) is 0 Å². The predicted octanol–water partition coefficient (Wildman–Crippen LogP) is 5.07. The van der Waals surface area contributed by atoms with E-state index in [4.69, 9.17) is 4.98 Å². The average molecular weight is 404 g/mol. The van der Waals surface area contributed by atoms with Crippen molar-refractivity contribution in [2.24, 2.45) is 11.3 Å². The molecule has 0 spiro atoms. The molecule has 0 aliphatic heterocycles. The SMILES string of the molecule is CCN(CC)CCn1c(C(C)C)nc2sc3c(c2c1=O)CCC(C(C)(C)C)C3. The molecule has 1 aliphatic rings. The Labute approximate surface area is 174 Å². The first-order chi connectivity index (χ1) is 13.2. The third-order valence-corrected chi connectivity index (χ3v) is 7.62. The van der Waals surface area contributed by atoms with Crippen LogP contribution in [0.15, 0.2) is 4.79 Å². The quantitative estimate of drug-likeness (QED) is 0.675. The van der Waals surface area contributed by atoms with Crippen molar-refractivity contribution in [3.63, 3.8) is 0 Å². The zero-order valence-corrected chi connectivity index (χ0v) is 19.6. The summed E-state index contributed by atoms with van der Waals surface area (Å²) < 4.78 is 1.97. The standard InChI is InChI=1S/C23H37N3OS/c1-8-25(9-2)12-13-26-20(15(3)4)24-21-19(22(26)27)17-11-10-16(23(5,6)7)14-18(17)28-21/h15-16H,8-14H2,1-7H3. The molecule has 5 heteroatoms. The van der Waals surface area contributed by atoms with E-state index in [1.807, 2.05) is 4.57 Å². The highest BCUT2D eigenvalue weighted by Crippen LogP contribution is 2.42. The summed E-state index contributed by atoms with van der Waals surface area (Å²) in [6.45, 7) is 19.3. The monoisotopic (exact) mass is 403 g/mol. The third kappa shape index (κ3) is 4.06. The first kappa shape index (κ1) is 21.5. The van der Waals surface area contributed by atoms with Gasteiger partial charge in [0.05, 0.1) is 5.39 Å². The summed E-state index contributed by atoms with van der Waals surface area (Å²) in [7, 11) is 0. The average Bonchev–Trinajstić information content (AvgIpc) is 3.00. The van der Waals surface area contributed by atoms with Crippen molar-refractivity contribution in [3.05, 3.63) is 26.6 Å². The topological polar surface area (TPSA) is 38.1 Å². The Kier molecular flexibility index (Phi) is 6.35. The lowest BCUT2D eigenvalue weighted by molar-refractivity contribution is 0.218. The molecule has 156 valence electrons. The molecule has 2 heterocycles. The Balaban J connectivity index is 2.06. The van der Waals surface area contributed by atoms with Crippen molar-refractivity contribution in [3.8, 4) is 0 Å². The van der Waals surface area contributed by atoms with Gasteiger partial charge in [-0.3, -0.25) is 9.36 Å². The van der Waals surface area contributed by atoms with Gasteiger partial charge in [-0.15, -0.1) is 11.3 Å². The van der Waals surface area contributed by atoms with Crippen molar-refractivity contribution < 1.29 is 0 Å². The van der Waals surface area contributed by atoms with Gasteiger partial charge in [-0.25, -0.2) is 4.98 Å². The van der Waals surface area contributed by atoms with Crippen LogP contribution in [0.3, 0.4) is 0 Å². The van der Waals surface area contributed by atoms with E-state index in [0.29, 0.717) is 11.3 Å². The molecule has 0 bridgehead atoms. The van der Waals surface area contributed by atoms with E-state index in [1.54, 1.807) is 11.3 Å². The fourth-order valence-electron chi connectivity index (χ4n) is 4.45. The molecule has 2 aromatic heterocycles. The second-order valence-electron chi connectivity index (χ2n) is 9.60. The van der Waals surface area contributed by atoms with Gasteiger partial charge >= 0.3 is 0 Å². The second kappa shape index (κ2) is 8.27. The molecule has 3 rings (SSSR count). The van der Waals surface area contributed by atoms with Gasteiger partial charge in [0.25, 0.3) is 5.56 Å². The van der Waals surface area contributed by atoms with Crippen LogP contribution in [-0.2, 0) is 19.4 Å². The first-order valence-corrected chi connectivity index (χ1v) is 11.8. The van der Waals surface area contributed by atoms with E-state index in [9.17, 15) is 4.79 Å². The lowest BCUT2D eigenvalue weighted by Gasteiger charge is -2.33. The van der Waals surface area contributed by atoms with Gasteiger partial charge in [-0.05, 0) is 49.2 Å². The van der Waals surface area contributed by atoms with Gasteiger partial charge in [-0.2, -0.15) is 0 Å². The minimum Gasteiger partial charge on any atom is -0.302 e. The molecule has 0 fully saturated rings. The molecule has 1 aliphatic carbocycles. The number of hydrogen-bond donors (Lipinski definition) is 0. The van der Waals surface area contributed by atoms with Crippen molar-refractivity contribution in [2.45, 2.75) is 80.2 Å². The number of likely N-dealkylation sites (N-methyl/N-ethyl adjacent to an activating group) is 1. The Bertz CT molecular complexity index is 884. The third-order valence-electron chi connectivity index (χ3n) is 6.47. The van der Waals surface area contributed by atoms with E-state index in [0.717, 1.165) is 55.1 Å². The fourth-order valence-corrected chi connectivity index (χ4v) is 5.75. The second-order valence-corrected chi connectivity index (χ2v) is 10.7. The smallest absolute Gasteiger partial charge is 0.262 e. The highest BCUT2D eigenvalue weighted by atomic mass is 32.1. The normalized spacial score (nSPS) is 17.7. The molecule has 1 unspecified atom stereocenters.